The van der Waals surface area contributed by atoms with Crippen molar-refractivity contribution in [2.45, 2.75) is 64.0 Å². The molecule has 1 aliphatic carbocycles. The third-order valence-corrected chi connectivity index (χ3v) is 8.06. The number of anilines is 2. The number of nitrogens with zero attached hydrogens (tertiary/aromatic N) is 4. The number of amides is 1. The minimum Gasteiger partial charge on any atom is -0.374 e. The average Bonchev–Trinajstić information content (AvgIpc) is 3.35. The molecule has 1 saturated carbocycles. The van der Waals surface area contributed by atoms with Crippen LogP contribution in [-0.2, 0) is 4.79 Å². The van der Waals surface area contributed by atoms with Crippen molar-refractivity contribution in [3.05, 3.63) is 53.3 Å². The van der Waals surface area contributed by atoms with Gasteiger partial charge in [-0.05, 0) is 81.7 Å². The van der Waals surface area contributed by atoms with Crippen LogP contribution in [0.4, 0.5) is 11.6 Å². The van der Waals surface area contributed by atoms with E-state index >= 15 is 0 Å². The van der Waals surface area contributed by atoms with Crippen molar-refractivity contribution in [2.75, 3.05) is 11.9 Å². The van der Waals surface area contributed by atoms with E-state index in [0.717, 1.165) is 71.3 Å². The molecule has 2 aliphatic rings. The fraction of sp³-hybridized carbons (Fsp3) is 0.462. The largest absolute Gasteiger partial charge is 0.374 e. The zero-order chi connectivity index (χ0) is 23.5. The normalized spacial score (nSPS) is 23.0. The maximum Gasteiger partial charge on any atom is 0.227 e. The Morgan fingerprint density at radius 3 is 2.74 bits per heavy atom. The van der Waals surface area contributed by atoms with Crippen LogP contribution in [0.1, 0.15) is 61.4 Å². The summed E-state index contributed by atoms with van der Waals surface area (Å²) in [5, 5.41) is 14.6. The Morgan fingerprint density at radius 2 is 1.94 bits per heavy atom. The first kappa shape index (κ1) is 22.9. The molecule has 5 rings (SSSR count). The van der Waals surface area contributed by atoms with Gasteiger partial charge in [-0.15, -0.1) is 11.3 Å². The van der Waals surface area contributed by atoms with Gasteiger partial charge in [0.15, 0.2) is 0 Å². The Balaban J connectivity index is 1.21. The van der Waals surface area contributed by atoms with E-state index in [1.807, 2.05) is 43.5 Å². The maximum absolute atomic E-state index is 12.9. The molecule has 7 nitrogen and oxygen atoms in total. The Bertz CT molecular complexity index is 1140. The van der Waals surface area contributed by atoms with E-state index in [4.69, 9.17) is 9.97 Å². The highest BCUT2D eigenvalue weighted by molar-refractivity contribution is 7.15. The van der Waals surface area contributed by atoms with Crippen molar-refractivity contribution in [2.24, 2.45) is 5.92 Å². The molecule has 1 amide bonds. The summed E-state index contributed by atoms with van der Waals surface area (Å²) < 4.78 is 0. The van der Waals surface area contributed by atoms with Gasteiger partial charge in [0.05, 0.1) is 15.6 Å². The summed E-state index contributed by atoms with van der Waals surface area (Å²) in [4.78, 5) is 29.5. The molecule has 4 heterocycles. The minimum absolute atomic E-state index is 0.0306. The SMILES string of the molecule is Cc1ccnc(Nc2cccc(-c3cnc([C@H]4CC[C@H](C(=O)N5CCCCC5O)CC4)s3)n2)c1. The Hall–Kier alpha value is -2.84. The highest BCUT2D eigenvalue weighted by atomic mass is 32.1. The smallest absolute Gasteiger partial charge is 0.227 e. The Labute approximate surface area is 204 Å². The van der Waals surface area contributed by atoms with Crippen LogP contribution in [0.3, 0.4) is 0 Å². The lowest BCUT2D eigenvalue weighted by atomic mass is 9.81. The van der Waals surface area contributed by atoms with Crippen LogP contribution >= 0.6 is 11.3 Å². The summed E-state index contributed by atoms with van der Waals surface area (Å²) >= 11 is 1.70. The molecule has 1 atom stereocenters. The van der Waals surface area contributed by atoms with Crippen LogP contribution in [0.2, 0.25) is 0 Å². The number of hydrogen-bond donors (Lipinski definition) is 2. The molecule has 178 valence electrons. The van der Waals surface area contributed by atoms with Crippen LogP contribution < -0.4 is 5.32 Å². The molecule has 0 bridgehead atoms. The molecule has 3 aromatic heterocycles. The number of carbonyl (C=O) groups is 1. The van der Waals surface area contributed by atoms with Gasteiger partial charge in [-0.1, -0.05) is 6.07 Å². The lowest BCUT2D eigenvalue weighted by Gasteiger charge is -2.36. The zero-order valence-corrected chi connectivity index (χ0v) is 20.3. The number of hydrogen-bond acceptors (Lipinski definition) is 7. The molecule has 34 heavy (non-hydrogen) atoms. The van der Waals surface area contributed by atoms with Crippen LogP contribution in [0.15, 0.2) is 42.7 Å². The molecule has 0 radical (unpaired) electrons. The number of thiazole rings is 1. The number of nitrogens with one attached hydrogen (secondary N) is 1. The van der Waals surface area contributed by atoms with Crippen molar-refractivity contribution in [3.63, 3.8) is 0 Å². The first-order chi connectivity index (χ1) is 16.6. The number of carbonyl (C=O) groups excluding carboxylic acids is 1. The number of aromatic nitrogens is 3. The predicted molar refractivity (Wildman–Crippen MR) is 134 cm³/mol. The monoisotopic (exact) mass is 477 g/mol. The molecule has 1 saturated heterocycles. The van der Waals surface area contributed by atoms with Crippen LogP contribution in [0, 0.1) is 12.8 Å². The number of aliphatic hydroxyl groups is 1. The second-order valence-corrected chi connectivity index (χ2v) is 10.4. The Kier molecular flexibility index (Phi) is 6.87. The summed E-state index contributed by atoms with van der Waals surface area (Å²) in [6.45, 7) is 2.73. The van der Waals surface area contributed by atoms with E-state index < -0.39 is 6.23 Å². The molecule has 3 aromatic rings. The highest BCUT2D eigenvalue weighted by Gasteiger charge is 2.34. The van der Waals surface area contributed by atoms with Gasteiger partial charge in [-0.2, -0.15) is 0 Å². The van der Waals surface area contributed by atoms with Gasteiger partial charge in [0.25, 0.3) is 0 Å². The molecular formula is C26H31N5O2S. The quantitative estimate of drug-likeness (QED) is 0.521. The summed E-state index contributed by atoms with van der Waals surface area (Å²) in [7, 11) is 0. The van der Waals surface area contributed by atoms with Gasteiger partial charge in [0.2, 0.25) is 5.91 Å². The Morgan fingerprint density at radius 1 is 1.09 bits per heavy atom. The number of likely N-dealkylation sites (tertiary alicyclic amines) is 1. The first-order valence-electron chi connectivity index (χ1n) is 12.2. The highest BCUT2D eigenvalue weighted by Crippen LogP contribution is 2.40. The fourth-order valence-electron chi connectivity index (χ4n) is 4.96. The average molecular weight is 478 g/mol. The van der Waals surface area contributed by atoms with Gasteiger partial charge in [0.1, 0.15) is 17.9 Å². The van der Waals surface area contributed by atoms with Crippen LogP contribution in [0.5, 0.6) is 0 Å². The summed E-state index contributed by atoms with van der Waals surface area (Å²) in [5.41, 5.74) is 2.04. The predicted octanol–water partition coefficient (Wildman–Crippen LogP) is 5.26. The van der Waals surface area contributed by atoms with Gasteiger partial charge in [-0.25, -0.2) is 15.0 Å². The first-order valence-corrected chi connectivity index (χ1v) is 13.0. The molecule has 1 unspecified atom stereocenters. The van der Waals surface area contributed by atoms with E-state index in [2.05, 4.69) is 10.3 Å². The number of rotatable bonds is 5. The van der Waals surface area contributed by atoms with Gasteiger partial charge in [-0.3, -0.25) is 4.79 Å². The summed E-state index contributed by atoms with van der Waals surface area (Å²) in [6.07, 6.45) is 9.45. The van der Waals surface area contributed by atoms with Crippen molar-refractivity contribution in [1.29, 1.82) is 0 Å². The van der Waals surface area contributed by atoms with Crippen LogP contribution in [0.25, 0.3) is 10.6 Å². The topological polar surface area (TPSA) is 91.2 Å². The molecule has 1 aliphatic heterocycles. The van der Waals surface area contributed by atoms with E-state index in [0.29, 0.717) is 18.9 Å². The number of pyridine rings is 2. The van der Waals surface area contributed by atoms with E-state index in [1.165, 1.54) is 0 Å². The van der Waals surface area contributed by atoms with E-state index in [9.17, 15) is 9.90 Å². The van der Waals surface area contributed by atoms with Crippen LogP contribution in [-0.4, -0.2) is 43.6 Å². The molecular weight excluding hydrogens is 446 g/mol. The van der Waals surface area contributed by atoms with Crippen molar-refractivity contribution in [1.82, 2.24) is 19.9 Å². The summed E-state index contributed by atoms with van der Waals surface area (Å²) in [6, 6.07) is 9.89. The number of aliphatic hydroxyl groups excluding tert-OH is 1. The fourth-order valence-corrected chi connectivity index (χ4v) is 6.02. The summed E-state index contributed by atoms with van der Waals surface area (Å²) in [5.74, 6) is 2.08. The second-order valence-electron chi connectivity index (χ2n) is 9.37. The minimum atomic E-state index is -0.597. The molecule has 0 aromatic carbocycles. The molecule has 2 fully saturated rings. The van der Waals surface area contributed by atoms with E-state index in [1.54, 1.807) is 22.4 Å². The number of piperidine rings is 1. The number of aryl methyl sites for hydroxylation is 1. The van der Waals surface area contributed by atoms with Gasteiger partial charge >= 0.3 is 0 Å². The van der Waals surface area contributed by atoms with Crippen molar-refractivity contribution >= 4 is 28.9 Å². The molecule has 8 heteroatoms. The standard InChI is InChI=1S/C26H31N5O2S/c1-17-12-13-27-23(15-17)30-22-6-4-5-20(29-22)21-16-28-25(34-21)18-8-10-19(11-9-18)26(33)31-14-3-2-7-24(31)32/h4-6,12-13,15-16,18-19,24,32H,2-3,7-11,14H2,1H3,(H,27,29,30)/t18-,19-,24?. The lowest BCUT2D eigenvalue weighted by molar-refractivity contribution is -0.149. The molecule has 0 spiro atoms. The van der Waals surface area contributed by atoms with Crippen molar-refractivity contribution in [3.8, 4) is 10.6 Å². The molecule has 2 N–H and O–H groups in total. The zero-order valence-electron chi connectivity index (χ0n) is 19.5. The third-order valence-electron chi connectivity index (χ3n) is 6.88. The van der Waals surface area contributed by atoms with Gasteiger partial charge < -0.3 is 15.3 Å². The van der Waals surface area contributed by atoms with E-state index in [-0.39, 0.29) is 11.8 Å². The van der Waals surface area contributed by atoms with Gasteiger partial charge in [0, 0.05) is 30.8 Å². The van der Waals surface area contributed by atoms with Crippen molar-refractivity contribution < 1.29 is 9.90 Å². The third kappa shape index (κ3) is 5.13. The lowest BCUT2D eigenvalue weighted by Crippen LogP contribution is -2.46. The maximum atomic E-state index is 12.9. The second kappa shape index (κ2) is 10.2.